The first-order valence-corrected chi connectivity index (χ1v) is 7.66. The molecule has 0 aromatic carbocycles. The average molecular weight is 304 g/mol. The van der Waals surface area contributed by atoms with E-state index in [2.05, 4.69) is 10.3 Å². The largest absolute Gasteiger partial charge is 0.394 e. The number of aryl methyl sites for hydroxylation is 1. The topological polar surface area (TPSA) is 83.8 Å². The van der Waals surface area contributed by atoms with Crippen LogP contribution in [0.25, 0.3) is 0 Å². The lowest BCUT2D eigenvalue weighted by atomic mass is 10.3. The molecule has 1 aromatic heterocycles. The molecule has 1 heterocycles. The van der Waals surface area contributed by atoms with Crippen LogP contribution in [0.3, 0.4) is 0 Å². The van der Waals surface area contributed by atoms with E-state index in [1.54, 1.807) is 11.3 Å². The first-order chi connectivity index (χ1) is 9.74. The van der Waals surface area contributed by atoms with E-state index >= 15 is 0 Å². The molecule has 1 atom stereocenters. The van der Waals surface area contributed by atoms with Gasteiger partial charge in [-0.15, -0.1) is 11.3 Å². The second-order valence-corrected chi connectivity index (χ2v) is 5.32. The van der Waals surface area contributed by atoms with Crippen LogP contribution >= 0.6 is 11.3 Å². The summed E-state index contributed by atoms with van der Waals surface area (Å²) in [6.45, 7) is 4.95. The van der Waals surface area contributed by atoms with Crippen molar-refractivity contribution in [3.8, 4) is 0 Å². The van der Waals surface area contributed by atoms with Gasteiger partial charge in [0.2, 0.25) is 0 Å². The van der Waals surface area contributed by atoms with Gasteiger partial charge in [0.05, 0.1) is 50.3 Å². The number of aliphatic hydroxyl groups is 2. The molecule has 0 aliphatic carbocycles. The Kier molecular flexibility index (Phi) is 9.73. The standard InChI is InChI=1S/C13H24N2O4S/c1-11-13(20-10-15-11)2-5-19-9-12(17)8-14-3-6-18-7-4-16/h10,12,14,16-17H,2-9H2,1H3. The zero-order chi connectivity index (χ0) is 14.6. The summed E-state index contributed by atoms with van der Waals surface area (Å²) in [5, 5.41) is 21.3. The summed E-state index contributed by atoms with van der Waals surface area (Å²) in [4.78, 5) is 5.41. The Morgan fingerprint density at radius 2 is 2.20 bits per heavy atom. The molecular formula is C13H24N2O4S. The predicted octanol–water partition coefficient (Wildman–Crippen LogP) is -0.0300. The van der Waals surface area contributed by atoms with Gasteiger partial charge in [0.1, 0.15) is 0 Å². The molecule has 0 radical (unpaired) electrons. The highest BCUT2D eigenvalue weighted by molar-refractivity contribution is 7.09. The molecule has 1 rings (SSSR count). The Bertz CT molecular complexity index is 349. The van der Waals surface area contributed by atoms with E-state index in [0.717, 1.165) is 12.1 Å². The molecular weight excluding hydrogens is 280 g/mol. The van der Waals surface area contributed by atoms with Crippen LogP contribution in [0.1, 0.15) is 10.6 Å². The van der Waals surface area contributed by atoms with Gasteiger partial charge in [-0.2, -0.15) is 0 Å². The zero-order valence-electron chi connectivity index (χ0n) is 11.9. The van der Waals surface area contributed by atoms with Crippen LogP contribution in [0.15, 0.2) is 5.51 Å². The molecule has 0 amide bonds. The summed E-state index contributed by atoms with van der Waals surface area (Å²) in [6, 6.07) is 0. The fraction of sp³-hybridized carbons (Fsp3) is 0.769. The van der Waals surface area contributed by atoms with E-state index in [-0.39, 0.29) is 6.61 Å². The lowest BCUT2D eigenvalue weighted by molar-refractivity contribution is 0.0365. The Morgan fingerprint density at radius 1 is 1.35 bits per heavy atom. The molecule has 1 aromatic rings. The van der Waals surface area contributed by atoms with Crippen molar-refractivity contribution in [3.05, 3.63) is 16.1 Å². The third-order valence-electron chi connectivity index (χ3n) is 2.67. The molecule has 1 unspecified atom stereocenters. The highest BCUT2D eigenvalue weighted by Crippen LogP contribution is 2.12. The Hall–Kier alpha value is -0.570. The van der Waals surface area contributed by atoms with Gasteiger partial charge in [-0.3, -0.25) is 0 Å². The van der Waals surface area contributed by atoms with E-state index < -0.39 is 6.10 Å². The molecule has 0 saturated heterocycles. The maximum absolute atomic E-state index is 9.69. The van der Waals surface area contributed by atoms with Crippen molar-refractivity contribution in [2.24, 2.45) is 0 Å². The molecule has 7 heteroatoms. The molecule has 0 fully saturated rings. The molecule has 0 aliphatic heterocycles. The number of thiazole rings is 1. The van der Waals surface area contributed by atoms with E-state index in [1.807, 2.05) is 12.4 Å². The Balaban J connectivity index is 1.92. The smallest absolute Gasteiger partial charge is 0.0897 e. The van der Waals surface area contributed by atoms with Crippen molar-refractivity contribution < 1.29 is 19.7 Å². The number of hydrogen-bond donors (Lipinski definition) is 3. The van der Waals surface area contributed by atoms with Gasteiger partial charge in [-0.1, -0.05) is 0 Å². The molecule has 20 heavy (non-hydrogen) atoms. The third kappa shape index (κ3) is 7.88. The maximum Gasteiger partial charge on any atom is 0.0897 e. The third-order valence-corrected chi connectivity index (χ3v) is 3.66. The van der Waals surface area contributed by atoms with Crippen LogP contribution in [-0.2, 0) is 15.9 Å². The van der Waals surface area contributed by atoms with E-state index in [4.69, 9.17) is 14.6 Å². The summed E-state index contributed by atoms with van der Waals surface area (Å²) in [5.74, 6) is 0. The quantitative estimate of drug-likeness (QED) is 0.470. The van der Waals surface area contributed by atoms with Gasteiger partial charge >= 0.3 is 0 Å². The molecule has 0 aliphatic rings. The monoisotopic (exact) mass is 304 g/mol. The van der Waals surface area contributed by atoms with E-state index in [0.29, 0.717) is 39.5 Å². The van der Waals surface area contributed by atoms with Crippen LogP contribution in [0, 0.1) is 6.92 Å². The number of ether oxygens (including phenoxy) is 2. The Labute approximate surface area is 123 Å². The van der Waals surface area contributed by atoms with E-state index in [9.17, 15) is 5.11 Å². The summed E-state index contributed by atoms with van der Waals surface area (Å²) >= 11 is 1.63. The number of aromatic nitrogens is 1. The number of aliphatic hydroxyl groups excluding tert-OH is 2. The number of nitrogens with zero attached hydrogens (tertiary/aromatic N) is 1. The zero-order valence-corrected chi connectivity index (χ0v) is 12.7. The number of hydrogen-bond acceptors (Lipinski definition) is 7. The second kappa shape index (κ2) is 11.1. The first kappa shape index (κ1) is 17.5. The van der Waals surface area contributed by atoms with Crippen LogP contribution in [0.5, 0.6) is 0 Å². The van der Waals surface area contributed by atoms with Gasteiger partial charge in [-0.25, -0.2) is 4.98 Å². The van der Waals surface area contributed by atoms with Crippen LogP contribution in [0.4, 0.5) is 0 Å². The van der Waals surface area contributed by atoms with Crippen molar-refractivity contribution in [3.63, 3.8) is 0 Å². The van der Waals surface area contributed by atoms with E-state index in [1.165, 1.54) is 4.88 Å². The molecule has 116 valence electrons. The van der Waals surface area contributed by atoms with Crippen LogP contribution in [-0.4, -0.2) is 67.4 Å². The van der Waals surface area contributed by atoms with Gasteiger partial charge in [0.15, 0.2) is 0 Å². The fourth-order valence-electron chi connectivity index (χ4n) is 1.59. The van der Waals surface area contributed by atoms with Crippen molar-refractivity contribution in [2.45, 2.75) is 19.4 Å². The van der Waals surface area contributed by atoms with Crippen LogP contribution in [0.2, 0.25) is 0 Å². The molecule has 3 N–H and O–H groups in total. The van der Waals surface area contributed by atoms with Gasteiger partial charge in [0.25, 0.3) is 0 Å². The molecule has 0 saturated carbocycles. The number of rotatable bonds is 12. The highest BCUT2D eigenvalue weighted by atomic mass is 32.1. The summed E-state index contributed by atoms with van der Waals surface area (Å²) in [5.41, 5.74) is 2.89. The predicted molar refractivity (Wildman–Crippen MR) is 78.2 cm³/mol. The minimum Gasteiger partial charge on any atom is -0.394 e. The number of nitrogens with one attached hydrogen (secondary N) is 1. The molecule has 0 bridgehead atoms. The Morgan fingerprint density at radius 3 is 2.90 bits per heavy atom. The highest BCUT2D eigenvalue weighted by Gasteiger charge is 2.05. The van der Waals surface area contributed by atoms with Crippen molar-refractivity contribution >= 4 is 11.3 Å². The van der Waals surface area contributed by atoms with Crippen molar-refractivity contribution in [2.75, 3.05) is 46.1 Å². The summed E-state index contributed by atoms with van der Waals surface area (Å²) in [6.07, 6.45) is 0.321. The first-order valence-electron chi connectivity index (χ1n) is 6.78. The fourth-order valence-corrected chi connectivity index (χ4v) is 2.35. The molecule has 0 spiro atoms. The lowest BCUT2D eigenvalue weighted by Crippen LogP contribution is -2.32. The minimum atomic E-state index is -0.518. The van der Waals surface area contributed by atoms with Crippen LogP contribution < -0.4 is 5.32 Å². The minimum absolute atomic E-state index is 0.0374. The second-order valence-electron chi connectivity index (χ2n) is 4.38. The lowest BCUT2D eigenvalue weighted by Gasteiger charge is -2.12. The summed E-state index contributed by atoms with van der Waals surface area (Å²) < 4.78 is 10.5. The van der Waals surface area contributed by atoms with Gasteiger partial charge in [0, 0.05) is 24.4 Å². The maximum atomic E-state index is 9.69. The molecule has 6 nitrogen and oxygen atoms in total. The average Bonchev–Trinajstić information content (AvgIpc) is 2.84. The van der Waals surface area contributed by atoms with Gasteiger partial charge in [-0.05, 0) is 6.92 Å². The summed E-state index contributed by atoms with van der Waals surface area (Å²) in [7, 11) is 0. The SMILES string of the molecule is Cc1ncsc1CCOCC(O)CNCCOCCO. The van der Waals surface area contributed by atoms with Gasteiger partial charge < -0.3 is 25.0 Å². The van der Waals surface area contributed by atoms with Crippen molar-refractivity contribution in [1.29, 1.82) is 0 Å². The van der Waals surface area contributed by atoms with Crippen molar-refractivity contribution in [1.82, 2.24) is 10.3 Å². The normalized spacial score (nSPS) is 12.8.